The summed E-state index contributed by atoms with van der Waals surface area (Å²) in [7, 11) is 5.91. The van der Waals surface area contributed by atoms with Gasteiger partial charge in [0.1, 0.15) is 12.1 Å². The molecule has 1 fully saturated rings. The van der Waals surface area contributed by atoms with E-state index in [0.29, 0.717) is 12.4 Å². The van der Waals surface area contributed by atoms with Crippen LogP contribution in [-0.4, -0.2) is 71.0 Å². The average Bonchev–Trinajstić information content (AvgIpc) is 3.02. The van der Waals surface area contributed by atoms with E-state index in [0.717, 1.165) is 44.1 Å². The monoisotopic (exact) mass is 320 g/mol. The smallest absolute Gasteiger partial charge is 0.254 e. The lowest BCUT2D eigenvalue weighted by molar-refractivity contribution is -0.000683. The number of hydrogen-bond acceptors (Lipinski definition) is 7. The first-order valence-corrected chi connectivity index (χ1v) is 7.82. The summed E-state index contributed by atoms with van der Waals surface area (Å²) < 4.78 is 12.4. The van der Waals surface area contributed by atoms with Crippen LogP contribution in [0.5, 0.6) is 0 Å². The number of methoxy groups -OCH3 is 1. The normalized spacial score (nSPS) is 17.7. The first-order chi connectivity index (χ1) is 11.1. The number of hydrogen-bond donors (Lipinski definition) is 1. The van der Waals surface area contributed by atoms with E-state index < -0.39 is 0 Å². The molecule has 8 nitrogen and oxygen atoms in total. The van der Waals surface area contributed by atoms with Gasteiger partial charge in [0.15, 0.2) is 0 Å². The second kappa shape index (κ2) is 6.77. The highest BCUT2D eigenvalue weighted by molar-refractivity contribution is 5.45. The highest BCUT2D eigenvalue weighted by Gasteiger charge is 2.34. The van der Waals surface area contributed by atoms with Gasteiger partial charge in [-0.1, -0.05) is 0 Å². The molecule has 0 bridgehead atoms. The van der Waals surface area contributed by atoms with Crippen molar-refractivity contribution in [1.82, 2.24) is 24.5 Å². The molecule has 3 heterocycles. The zero-order chi connectivity index (χ0) is 16.3. The molecule has 0 radical (unpaired) electrons. The maximum absolute atomic E-state index is 5.53. The molecule has 0 aliphatic carbocycles. The van der Waals surface area contributed by atoms with Crippen molar-refractivity contribution in [3.63, 3.8) is 0 Å². The third-order valence-corrected chi connectivity index (χ3v) is 4.57. The molecule has 0 amide bonds. The Morgan fingerprint density at radius 2 is 2.17 bits per heavy atom. The van der Waals surface area contributed by atoms with Gasteiger partial charge in [0.05, 0.1) is 12.3 Å². The average molecular weight is 320 g/mol. The summed E-state index contributed by atoms with van der Waals surface area (Å²) in [5.41, 5.74) is 0.914. The predicted molar refractivity (Wildman–Crippen MR) is 86.5 cm³/mol. The van der Waals surface area contributed by atoms with Crippen LogP contribution in [0.25, 0.3) is 5.78 Å². The molecule has 1 N–H and O–H groups in total. The third-order valence-electron chi connectivity index (χ3n) is 4.57. The molecular formula is C15H24N6O2. The highest BCUT2D eigenvalue weighted by Crippen LogP contribution is 2.26. The number of nitrogens with one attached hydrogen (secondary N) is 1. The van der Waals surface area contributed by atoms with E-state index in [1.165, 1.54) is 6.33 Å². The van der Waals surface area contributed by atoms with Crippen LogP contribution >= 0.6 is 0 Å². The van der Waals surface area contributed by atoms with Crippen LogP contribution < -0.4 is 5.32 Å². The minimum Gasteiger partial charge on any atom is -0.381 e. The molecule has 0 atom stereocenters. The van der Waals surface area contributed by atoms with Gasteiger partial charge in [0.25, 0.3) is 5.78 Å². The number of likely N-dealkylation sites (N-methyl/N-ethyl adjacent to an activating group) is 1. The lowest BCUT2D eigenvalue weighted by Gasteiger charge is -2.43. The van der Waals surface area contributed by atoms with Gasteiger partial charge < -0.3 is 19.7 Å². The summed E-state index contributed by atoms with van der Waals surface area (Å²) in [6, 6.07) is 1.97. The van der Waals surface area contributed by atoms with E-state index >= 15 is 0 Å². The number of rotatable bonds is 6. The highest BCUT2D eigenvalue weighted by atomic mass is 16.5. The Labute approximate surface area is 135 Å². The first-order valence-electron chi connectivity index (χ1n) is 7.82. The van der Waals surface area contributed by atoms with Crippen molar-refractivity contribution in [1.29, 1.82) is 0 Å². The molecule has 126 valence electrons. The van der Waals surface area contributed by atoms with Crippen LogP contribution in [0.4, 0.5) is 5.82 Å². The summed E-state index contributed by atoms with van der Waals surface area (Å²) in [5.74, 6) is 1.46. The molecule has 2 aromatic heterocycles. The minimum atomic E-state index is 0.0792. The Bertz CT molecular complexity index is 650. The van der Waals surface area contributed by atoms with Crippen molar-refractivity contribution in [3.8, 4) is 0 Å². The first kappa shape index (κ1) is 16.1. The summed E-state index contributed by atoms with van der Waals surface area (Å²) in [4.78, 5) is 10.9. The predicted octanol–water partition coefficient (Wildman–Crippen LogP) is 0.793. The second-order valence-electron chi connectivity index (χ2n) is 6.12. The Kier molecular flexibility index (Phi) is 4.74. The Morgan fingerprint density at radius 1 is 1.39 bits per heavy atom. The fourth-order valence-electron chi connectivity index (χ4n) is 3.00. The number of fused-ring (bicyclic) bond motifs is 1. The van der Waals surface area contributed by atoms with Crippen molar-refractivity contribution in [2.75, 3.05) is 46.3 Å². The molecule has 8 heteroatoms. The summed E-state index contributed by atoms with van der Waals surface area (Å²) in [6.07, 6.45) is 3.52. The molecule has 2 aromatic rings. The van der Waals surface area contributed by atoms with Crippen LogP contribution in [0.15, 0.2) is 12.4 Å². The zero-order valence-electron chi connectivity index (χ0n) is 13.9. The summed E-state index contributed by atoms with van der Waals surface area (Å²) in [6.45, 7) is 2.85. The Hall–Kier alpha value is -1.77. The Morgan fingerprint density at radius 3 is 2.87 bits per heavy atom. The van der Waals surface area contributed by atoms with E-state index in [-0.39, 0.29) is 5.54 Å². The van der Waals surface area contributed by atoms with E-state index in [2.05, 4.69) is 39.4 Å². The second-order valence-corrected chi connectivity index (χ2v) is 6.12. The van der Waals surface area contributed by atoms with Gasteiger partial charge in [-0.3, -0.25) is 0 Å². The van der Waals surface area contributed by atoms with Crippen LogP contribution in [0.3, 0.4) is 0 Å². The van der Waals surface area contributed by atoms with Crippen LogP contribution in [0, 0.1) is 0 Å². The van der Waals surface area contributed by atoms with Crippen molar-refractivity contribution in [2.45, 2.75) is 25.0 Å². The third kappa shape index (κ3) is 3.29. The standard InChI is InChI=1S/C15H24N6O2/c1-20(2)15(4-6-23-7-5-15)10-16-13-8-12(9-22-3)19-14-17-11-18-21(13)14/h8,11,16H,4-7,9-10H2,1-3H3. The molecule has 0 unspecified atom stereocenters. The molecule has 1 aliphatic heterocycles. The fourth-order valence-corrected chi connectivity index (χ4v) is 3.00. The van der Waals surface area contributed by atoms with E-state index in [1.807, 2.05) is 6.07 Å². The quantitative estimate of drug-likeness (QED) is 0.843. The molecule has 23 heavy (non-hydrogen) atoms. The van der Waals surface area contributed by atoms with Crippen LogP contribution in [0.1, 0.15) is 18.5 Å². The Balaban J connectivity index is 1.83. The van der Waals surface area contributed by atoms with Crippen LogP contribution in [0.2, 0.25) is 0 Å². The van der Waals surface area contributed by atoms with E-state index in [4.69, 9.17) is 9.47 Å². The number of aromatic nitrogens is 4. The van der Waals surface area contributed by atoms with Gasteiger partial charge in [-0.15, -0.1) is 0 Å². The van der Waals surface area contributed by atoms with Crippen LogP contribution in [-0.2, 0) is 16.1 Å². The van der Waals surface area contributed by atoms with Crippen molar-refractivity contribution in [3.05, 3.63) is 18.1 Å². The topological polar surface area (TPSA) is 76.8 Å². The van der Waals surface area contributed by atoms with Gasteiger partial charge in [0.2, 0.25) is 0 Å². The van der Waals surface area contributed by atoms with Gasteiger partial charge in [-0.25, -0.2) is 4.98 Å². The number of anilines is 1. The number of nitrogens with zero attached hydrogens (tertiary/aromatic N) is 5. The summed E-state index contributed by atoms with van der Waals surface area (Å²) >= 11 is 0. The molecule has 1 aliphatic rings. The largest absolute Gasteiger partial charge is 0.381 e. The van der Waals surface area contributed by atoms with Crippen molar-refractivity contribution < 1.29 is 9.47 Å². The SMILES string of the molecule is COCc1cc(NCC2(N(C)C)CCOCC2)n2ncnc2n1. The van der Waals surface area contributed by atoms with Crippen molar-refractivity contribution in [2.24, 2.45) is 0 Å². The van der Waals surface area contributed by atoms with Gasteiger partial charge >= 0.3 is 0 Å². The molecule has 1 saturated heterocycles. The van der Waals surface area contributed by atoms with Gasteiger partial charge in [-0.2, -0.15) is 14.6 Å². The molecule has 0 saturated carbocycles. The molecule has 3 rings (SSSR count). The fraction of sp³-hybridized carbons (Fsp3) is 0.667. The van der Waals surface area contributed by atoms with Gasteiger partial charge in [-0.05, 0) is 26.9 Å². The maximum atomic E-state index is 5.53. The zero-order valence-corrected chi connectivity index (χ0v) is 13.9. The minimum absolute atomic E-state index is 0.0792. The molecular weight excluding hydrogens is 296 g/mol. The number of ether oxygens (including phenoxy) is 2. The van der Waals surface area contributed by atoms with E-state index in [9.17, 15) is 0 Å². The van der Waals surface area contributed by atoms with Crippen molar-refractivity contribution >= 4 is 11.6 Å². The maximum Gasteiger partial charge on any atom is 0.254 e. The lowest BCUT2D eigenvalue weighted by atomic mass is 9.88. The molecule has 0 spiro atoms. The summed E-state index contributed by atoms with van der Waals surface area (Å²) in [5, 5.41) is 7.78. The molecule has 0 aromatic carbocycles. The van der Waals surface area contributed by atoms with E-state index in [1.54, 1.807) is 11.6 Å². The van der Waals surface area contributed by atoms with Gasteiger partial charge in [0, 0.05) is 38.5 Å². The lowest BCUT2D eigenvalue weighted by Crippen LogP contribution is -2.53.